The van der Waals surface area contributed by atoms with E-state index in [4.69, 9.17) is 9.47 Å². The van der Waals surface area contributed by atoms with Gasteiger partial charge in [0.2, 0.25) is 10.0 Å². The number of ether oxygens (including phenoxy) is 2. The summed E-state index contributed by atoms with van der Waals surface area (Å²) in [6.45, 7) is 0.741. The van der Waals surface area contributed by atoms with Gasteiger partial charge in [-0.2, -0.15) is 4.31 Å². The molecule has 0 spiro atoms. The number of hydrogen-bond acceptors (Lipinski definition) is 6. The van der Waals surface area contributed by atoms with Crippen LogP contribution < -0.4 is 10.3 Å². The van der Waals surface area contributed by atoms with Crippen LogP contribution in [0.3, 0.4) is 0 Å². The third kappa shape index (κ3) is 4.23. The number of hydrogen-bond donors (Lipinski definition) is 1. The minimum atomic E-state index is -3.84. The number of sulfonamides is 1. The number of aromatic amines is 1. The topological polar surface area (TPSA) is 102 Å². The molecule has 3 aromatic rings. The van der Waals surface area contributed by atoms with E-state index in [1.54, 1.807) is 36.4 Å². The molecule has 0 amide bonds. The van der Waals surface area contributed by atoms with E-state index in [2.05, 4.69) is 9.97 Å². The maximum Gasteiger partial charge on any atom is 0.258 e. The summed E-state index contributed by atoms with van der Waals surface area (Å²) in [7, 11) is -2.32. The minimum absolute atomic E-state index is 0.0612. The van der Waals surface area contributed by atoms with Crippen LogP contribution in [0.1, 0.15) is 18.7 Å². The Kier molecular flexibility index (Phi) is 5.85. The smallest absolute Gasteiger partial charge is 0.258 e. The number of benzene rings is 2. The van der Waals surface area contributed by atoms with Gasteiger partial charge in [0.1, 0.15) is 11.6 Å². The summed E-state index contributed by atoms with van der Waals surface area (Å²) in [5, 5.41) is 0.463. The Balaban J connectivity index is 1.69. The first-order valence-corrected chi connectivity index (χ1v) is 11.1. The highest BCUT2D eigenvalue weighted by molar-refractivity contribution is 7.89. The van der Waals surface area contributed by atoms with Crippen molar-refractivity contribution in [3.05, 3.63) is 64.7 Å². The fourth-order valence-electron chi connectivity index (χ4n) is 3.54. The van der Waals surface area contributed by atoms with Gasteiger partial charge in [0, 0.05) is 13.2 Å². The molecule has 158 valence electrons. The Bertz CT molecular complexity index is 1190. The van der Waals surface area contributed by atoms with Crippen molar-refractivity contribution < 1.29 is 17.9 Å². The van der Waals surface area contributed by atoms with Gasteiger partial charge in [0.25, 0.3) is 5.56 Å². The molecule has 1 aromatic heterocycles. The van der Waals surface area contributed by atoms with E-state index in [9.17, 15) is 13.2 Å². The molecule has 0 radical (unpaired) electrons. The summed E-state index contributed by atoms with van der Waals surface area (Å²) in [5.41, 5.74) is 0.227. The first kappa shape index (κ1) is 20.5. The van der Waals surface area contributed by atoms with Crippen molar-refractivity contribution >= 4 is 20.9 Å². The third-order valence-electron chi connectivity index (χ3n) is 5.12. The molecule has 1 fully saturated rings. The zero-order valence-electron chi connectivity index (χ0n) is 16.6. The Morgan fingerprint density at radius 3 is 2.67 bits per heavy atom. The SMILES string of the molecule is COc1ccc(S(=O)(=O)N(Cc2nc3ccccc3c(=O)[nH]2)C[C@H]2CCCO2)cc1. The average Bonchev–Trinajstić information content (AvgIpc) is 3.26. The fraction of sp³-hybridized carbons (Fsp3) is 0.333. The van der Waals surface area contributed by atoms with Gasteiger partial charge in [0.05, 0.1) is 35.6 Å². The minimum Gasteiger partial charge on any atom is -0.497 e. The largest absolute Gasteiger partial charge is 0.497 e. The van der Waals surface area contributed by atoms with Gasteiger partial charge in [-0.05, 0) is 49.2 Å². The number of para-hydroxylation sites is 1. The second kappa shape index (κ2) is 8.55. The van der Waals surface area contributed by atoms with E-state index in [0.29, 0.717) is 23.3 Å². The van der Waals surface area contributed by atoms with Gasteiger partial charge in [-0.1, -0.05) is 12.1 Å². The second-order valence-electron chi connectivity index (χ2n) is 7.14. The number of aromatic nitrogens is 2. The first-order valence-electron chi connectivity index (χ1n) is 9.71. The number of fused-ring (bicyclic) bond motifs is 1. The molecule has 1 aliphatic rings. The molecule has 2 heterocycles. The molecule has 0 aliphatic carbocycles. The number of methoxy groups -OCH3 is 1. The van der Waals surface area contributed by atoms with Gasteiger partial charge in [-0.3, -0.25) is 4.79 Å². The molecule has 30 heavy (non-hydrogen) atoms. The van der Waals surface area contributed by atoms with E-state index in [0.717, 1.165) is 12.8 Å². The predicted molar refractivity (Wildman–Crippen MR) is 112 cm³/mol. The van der Waals surface area contributed by atoms with Crippen LogP contribution in [0.2, 0.25) is 0 Å². The van der Waals surface area contributed by atoms with Crippen molar-refractivity contribution in [2.24, 2.45) is 0 Å². The molecule has 8 nitrogen and oxygen atoms in total. The standard InChI is InChI=1S/C21H23N3O5S/c1-28-15-8-10-17(11-9-15)30(26,27)24(13-16-5-4-12-29-16)14-20-22-19-7-3-2-6-18(19)21(25)23-20/h2-3,6-11,16H,4-5,12-14H2,1H3,(H,22,23,25)/t16-/m1/s1. The monoisotopic (exact) mass is 429 g/mol. The molecule has 1 atom stereocenters. The van der Waals surface area contributed by atoms with E-state index >= 15 is 0 Å². The van der Waals surface area contributed by atoms with Gasteiger partial charge in [-0.25, -0.2) is 13.4 Å². The molecule has 0 saturated carbocycles. The highest BCUT2D eigenvalue weighted by atomic mass is 32.2. The van der Waals surface area contributed by atoms with Crippen LogP contribution in [-0.4, -0.2) is 49.1 Å². The molecule has 2 aromatic carbocycles. The Morgan fingerprint density at radius 1 is 1.20 bits per heavy atom. The van der Waals surface area contributed by atoms with Crippen molar-refractivity contribution in [2.75, 3.05) is 20.3 Å². The second-order valence-corrected chi connectivity index (χ2v) is 9.08. The zero-order chi connectivity index (χ0) is 21.1. The van der Waals surface area contributed by atoms with Crippen molar-refractivity contribution in [3.63, 3.8) is 0 Å². The zero-order valence-corrected chi connectivity index (χ0v) is 17.4. The van der Waals surface area contributed by atoms with Crippen LogP contribution in [-0.2, 0) is 21.3 Å². The molecule has 9 heteroatoms. The predicted octanol–water partition coefficient (Wildman–Crippen LogP) is 2.30. The van der Waals surface area contributed by atoms with Gasteiger partial charge in [-0.15, -0.1) is 0 Å². The summed E-state index contributed by atoms with van der Waals surface area (Å²) in [6.07, 6.45) is 1.49. The molecule has 0 unspecified atom stereocenters. The lowest BCUT2D eigenvalue weighted by Crippen LogP contribution is -2.37. The van der Waals surface area contributed by atoms with Crippen molar-refractivity contribution in [1.29, 1.82) is 0 Å². The molecule has 1 aliphatic heterocycles. The Morgan fingerprint density at radius 2 is 1.97 bits per heavy atom. The number of H-pyrrole nitrogens is 1. The summed E-state index contributed by atoms with van der Waals surface area (Å²) in [6, 6.07) is 13.2. The van der Waals surface area contributed by atoms with E-state index < -0.39 is 10.0 Å². The highest BCUT2D eigenvalue weighted by Gasteiger charge is 2.30. The quantitative estimate of drug-likeness (QED) is 0.618. The lowest BCUT2D eigenvalue weighted by molar-refractivity contribution is 0.0921. The van der Waals surface area contributed by atoms with Crippen LogP contribution in [0, 0.1) is 0 Å². The Hall–Kier alpha value is -2.75. The fourth-order valence-corrected chi connectivity index (χ4v) is 4.97. The summed E-state index contributed by atoms with van der Waals surface area (Å²) in [5.74, 6) is 0.855. The van der Waals surface area contributed by atoms with Crippen molar-refractivity contribution in [3.8, 4) is 5.75 Å². The van der Waals surface area contributed by atoms with Crippen LogP contribution in [0.25, 0.3) is 10.9 Å². The molecule has 4 rings (SSSR count). The molecule has 1 N–H and O–H groups in total. The summed E-state index contributed by atoms with van der Waals surface area (Å²) in [4.78, 5) is 19.7. The number of nitrogens with zero attached hydrogens (tertiary/aromatic N) is 2. The van der Waals surface area contributed by atoms with Crippen LogP contribution in [0.15, 0.2) is 58.2 Å². The Labute approximate surface area is 174 Å². The summed E-state index contributed by atoms with van der Waals surface area (Å²) >= 11 is 0. The molecular weight excluding hydrogens is 406 g/mol. The maximum absolute atomic E-state index is 13.4. The van der Waals surface area contributed by atoms with E-state index in [-0.39, 0.29) is 35.5 Å². The van der Waals surface area contributed by atoms with Gasteiger partial charge < -0.3 is 14.5 Å². The van der Waals surface area contributed by atoms with Crippen molar-refractivity contribution in [1.82, 2.24) is 14.3 Å². The first-order chi connectivity index (χ1) is 14.5. The summed E-state index contributed by atoms with van der Waals surface area (Å²) < 4.78 is 38.9. The van der Waals surface area contributed by atoms with Crippen LogP contribution >= 0.6 is 0 Å². The molecular formula is C21H23N3O5S. The highest BCUT2D eigenvalue weighted by Crippen LogP contribution is 2.23. The third-order valence-corrected chi connectivity index (χ3v) is 6.94. The lowest BCUT2D eigenvalue weighted by atomic mass is 10.2. The molecule has 0 bridgehead atoms. The van der Waals surface area contributed by atoms with Crippen LogP contribution in [0.4, 0.5) is 0 Å². The number of rotatable bonds is 7. The lowest BCUT2D eigenvalue weighted by Gasteiger charge is -2.24. The van der Waals surface area contributed by atoms with Gasteiger partial charge >= 0.3 is 0 Å². The van der Waals surface area contributed by atoms with Crippen LogP contribution in [0.5, 0.6) is 5.75 Å². The van der Waals surface area contributed by atoms with Gasteiger partial charge in [0.15, 0.2) is 0 Å². The van der Waals surface area contributed by atoms with Crippen molar-refractivity contribution in [2.45, 2.75) is 30.4 Å². The number of nitrogens with one attached hydrogen (secondary N) is 1. The maximum atomic E-state index is 13.4. The normalized spacial score (nSPS) is 16.9. The average molecular weight is 429 g/mol. The molecule has 1 saturated heterocycles. The van der Waals surface area contributed by atoms with E-state index in [1.165, 1.54) is 23.5 Å². The van der Waals surface area contributed by atoms with E-state index in [1.807, 2.05) is 0 Å².